The molecule has 2 aliphatic heterocycles. The number of ether oxygens (including phenoxy) is 1. The molecule has 1 aliphatic carbocycles. The van der Waals surface area contributed by atoms with Crippen LogP contribution in [0.3, 0.4) is 0 Å². The van der Waals surface area contributed by atoms with E-state index in [1.54, 1.807) is 0 Å². The minimum atomic E-state index is -0.440. The third kappa shape index (κ3) is 5.06. The number of nitrogens with zero attached hydrogens (tertiary/aromatic N) is 3. The van der Waals surface area contributed by atoms with Gasteiger partial charge in [-0.2, -0.15) is 5.43 Å². The molecule has 1 saturated carbocycles. The number of fused-ring (bicyclic) bond motifs is 1. The molecule has 1 aromatic carbocycles. The largest absolute Gasteiger partial charge is 0.489 e. The number of hydrogen-bond acceptors (Lipinski definition) is 6. The lowest BCUT2D eigenvalue weighted by Crippen LogP contribution is -2.46. The number of amides is 1. The van der Waals surface area contributed by atoms with Crippen LogP contribution in [0.15, 0.2) is 65.9 Å². The zero-order valence-corrected chi connectivity index (χ0v) is 18.7. The van der Waals surface area contributed by atoms with Gasteiger partial charge in [0.2, 0.25) is 5.91 Å². The first-order chi connectivity index (χ1) is 15.7. The fourth-order valence-corrected chi connectivity index (χ4v) is 3.39. The maximum atomic E-state index is 12.0. The average molecular weight is 432 g/mol. The van der Waals surface area contributed by atoms with Gasteiger partial charge in [-0.3, -0.25) is 14.8 Å². The Hall–Kier alpha value is -3.45. The van der Waals surface area contributed by atoms with Gasteiger partial charge in [0.05, 0.1) is 0 Å². The zero-order valence-electron chi connectivity index (χ0n) is 18.7. The first kappa shape index (κ1) is 21.8. The van der Waals surface area contributed by atoms with Crippen molar-refractivity contribution in [1.82, 2.24) is 20.7 Å². The number of hydrogen-bond donors (Lipinski definition) is 2. The van der Waals surface area contributed by atoms with E-state index >= 15 is 0 Å². The van der Waals surface area contributed by atoms with E-state index in [-0.39, 0.29) is 11.8 Å². The summed E-state index contributed by atoms with van der Waals surface area (Å²) in [5.41, 5.74) is 7.24. The molecule has 3 heterocycles. The van der Waals surface area contributed by atoms with E-state index in [1.807, 2.05) is 86.7 Å². The third-order valence-corrected chi connectivity index (χ3v) is 5.25. The quantitative estimate of drug-likeness (QED) is 0.724. The van der Waals surface area contributed by atoms with Crippen molar-refractivity contribution in [3.05, 3.63) is 77.8 Å². The fourth-order valence-electron chi connectivity index (χ4n) is 3.39. The molecule has 166 valence electrons. The van der Waals surface area contributed by atoms with Gasteiger partial charge in [0.25, 0.3) is 0 Å². The lowest BCUT2D eigenvalue weighted by Gasteiger charge is -2.21. The molecule has 5 rings (SSSR count). The van der Waals surface area contributed by atoms with Crippen LogP contribution in [0.4, 0.5) is 0 Å². The topological polar surface area (TPSA) is 78.9 Å². The molecule has 2 N–H and O–H groups in total. The van der Waals surface area contributed by atoms with E-state index in [9.17, 15) is 4.79 Å². The molecule has 7 nitrogen and oxygen atoms in total. The SMILES string of the molecule is CC.Cc1ccc(COc2ccc(C3=CC=CN4NC(NC(=O)C5CC5)N=C34)cc2)cn1. The van der Waals surface area contributed by atoms with Crippen LogP contribution in [0.2, 0.25) is 0 Å². The van der Waals surface area contributed by atoms with Crippen molar-refractivity contribution in [3.8, 4) is 5.75 Å². The van der Waals surface area contributed by atoms with Gasteiger partial charge < -0.3 is 10.1 Å². The Balaban J connectivity index is 0.00000119. The fraction of sp³-hybridized carbons (Fsp3) is 0.320. The monoisotopic (exact) mass is 431 g/mol. The van der Waals surface area contributed by atoms with Gasteiger partial charge in [-0.05, 0) is 55.7 Å². The molecule has 0 radical (unpaired) electrons. The second-order valence-corrected chi connectivity index (χ2v) is 7.68. The Morgan fingerprint density at radius 3 is 2.66 bits per heavy atom. The minimum Gasteiger partial charge on any atom is -0.489 e. The predicted molar refractivity (Wildman–Crippen MR) is 125 cm³/mol. The molecule has 1 atom stereocenters. The van der Waals surface area contributed by atoms with E-state index < -0.39 is 6.29 Å². The van der Waals surface area contributed by atoms with Crippen molar-refractivity contribution in [2.75, 3.05) is 0 Å². The summed E-state index contributed by atoms with van der Waals surface area (Å²) in [6.45, 7) is 6.44. The Morgan fingerprint density at radius 2 is 1.97 bits per heavy atom. The standard InChI is InChI=1S/C23H23N5O2.C2H6/c1-15-4-5-16(13-24-15)14-30-19-10-8-17(9-11-19)20-3-2-12-28-21(20)25-23(27-28)26-22(29)18-6-7-18;1-2/h2-5,8-13,18,23,27H,6-7,14H2,1H3,(H,26,29);1-2H3. The molecular weight excluding hydrogens is 402 g/mol. The first-order valence-electron chi connectivity index (χ1n) is 11.1. The highest BCUT2D eigenvalue weighted by Crippen LogP contribution is 2.30. The van der Waals surface area contributed by atoms with E-state index in [1.165, 1.54) is 0 Å². The van der Waals surface area contributed by atoms with Gasteiger partial charge in [0, 0.05) is 35.1 Å². The number of aryl methyl sites for hydroxylation is 1. The summed E-state index contributed by atoms with van der Waals surface area (Å²) in [6.07, 6.45) is 9.22. The highest BCUT2D eigenvalue weighted by Gasteiger charge is 2.34. The van der Waals surface area contributed by atoms with Gasteiger partial charge in [-0.1, -0.05) is 32.0 Å². The third-order valence-electron chi connectivity index (χ3n) is 5.25. The minimum absolute atomic E-state index is 0.0662. The average Bonchev–Trinajstić information content (AvgIpc) is 3.60. The number of allylic oxidation sites excluding steroid dienone is 2. The number of pyridine rings is 1. The van der Waals surface area contributed by atoms with E-state index in [4.69, 9.17) is 4.74 Å². The van der Waals surface area contributed by atoms with Crippen LogP contribution in [0.1, 0.15) is 43.5 Å². The van der Waals surface area contributed by atoms with Crippen molar-refractivity contribution >= 4 is 17.3 Å². The van der Waals surface area contributed by atoms with Crippen LogP contribution in [0.5, 0.6) is 5.75 Å². The van der Waals surface area contributed by atoms with Crippen molar-refractivity contribution in [3.63, 3.8) is 0 Å². The summed E-state index contributed by atoms with van der Waals surface area (Å²) >= 11 is 0. The van der Waals surface area contributed by atoms with Crippen LogP contribution >= 0.6 is 0 Å². The molecule has 7 heteroatoms. The Bertz CT molecular complexity index is 1040. The Kier molecular flexibility index (Phi) is 6.66. The number of rotatable bonds is 6. The highest BCUT2D eigenvalue weighted by molar-refractivity contribution is 6.24. The van der Waals surface area contributed by atoms with Crippen LogP contribution in [-0.2, 0) is 11.4 Å². The molecule has 1 amide bonds. The van der Waals surface area contributed by atoms with E-state index in [0.717, 1.165) is 46.8 Å². The summed E-state index contributed by atoms with van der Waals surface area (Å²) in [4.78, 5) is 21.0. The highest BCUT2D eigenvalue weighted by atomic mass is 16.5. The van der Waals surface area contributed by atoms with E-state index in [2.05, 4.69) is 20.7 Å². The second kappa shape index (κ2) is 9.78. The molecule has 1 fully saturated rings. The van der Waals surface area contributed by atoms with Crippen molar-refractivity contribution in [2.24, 2.45) is 10.9 Å². The van der Waals surface area contributed by atoms with Crippen molar-refractivity contribution in [1.29, 1.82) is 0 Å². The summed E-state index contributed by atoms with van der Waals surface area (Å²) in [5, 5.41) is 4.80. The number of hydrazine groups is 1. The van der Waals surface area contributed by atoms with Crippen LogP contribution < -0.4 is 15.5 Å². The number of amidine groups is 1. The Labute approximate surface area is 188 Å². The Morgan fingerprint density at radius 1 is 1.19 bits per heavy atom. The molecule has 1 aromatic heterocycles. The van der Waals surface area contributed by atoms with Crippen molar-refractivity contribution in [2.45, 2.75) is 46.5 Å². The zero-order chi connectivity index (χ0) is 22.5. The van der Waals surface area contributed by atoms with Crippen molar-refractivity contribution < 1.29 is 9.53 Å². The maximum absolute atomic E-state index is 12.0. The molecule has 0 spiro atoms. The van der Waals surface area contributed by atoms with E-state index in [0.29, 0.717) is 6.61 Å². The van der Waals surface area contributed by atoms with Gasteiger partial charge in [0.1, 0.15) is 12.4 Å². The second-order valence-electron chi connectivity index (χ2n) is 7.68. The molecule has 2 aromatic rings. The number of carbonyl (C=O) groups excluding carboxylic acids is 1. The number of benzene rings is 1. The number of nitrogens with one attached hydrogen (secondary N) is 2. The summed E-state index contributed by atoms with van der Waals surface area (Å²) in [6, 6.07) is 11.9. The molecular formula is C25H29N5O2. The van der Waals surface area contributed by atoms with Gasteiger partial charge >= 0.3 is 0 Å². The molecule has 0 bridgehead atoms. The number of aromatic nitrogens is 1. The lowest BCUT2D eigenvalue weighted by atomic mass is 10.0. The molecule has 1 unspecified atom stereocenters. The smallest absolute Gasteiger partial charge is 0.225 e. The predicted octanol–water partition coefficient (Wildman–Crippen LogP) is 3.93. The summed E-state index contributed by atoms with van der Waals surface area (Å²) in [5.74, 6) is 1.80. The molecule has 3 aliphatic rings. The van der Waals surface area contributed by atoms with Gasteiger partial charge in [0.15, 0.2) is 12.1 Å². The van der Waals surface area contributed by atoms with Gasteiger partial charge in [-0.25, -0.2) is 4.99 Å². The molecule has 0 saturated heterocycles. The molecule has 32 heavy (non-hydrogen) atoms. The first-order valence-corrected chi connectivity index (χ1v) is 11.1. The van der Waals surface area contributed by atoms with Crippen LogP contribution in [-0.4, -0.2) is 28.0 Å². The lowest BCUT2D eigenvalue weighted by molar-refractivity contribution is -0.123. The summed E-state index contributed by atoms with van der Waals surface area (Å²) < 4.78 is 5.88. The summed E-state index contributed by atoms with van der Waals surface area (Å²) in [7, 11) is 0. The normalized spacial score (nSPS) is 18.7. The van der Waals surface area contributed by atoms with Crippen LogP contribution in [0.25, 0.3) is 5.57 Å². The van der Waals surface area contributed by atoms with Crippen LogP contribution in [0, 0.1) is 12.8 Å². The van der Waals surface area contributed by atoms with Gasteiger partial charge in [-0.15, -0.1) is 0 Å². The maximum Gasteiger partial charge on any atom is 0.225 e. The number of aliphatic imine (C=N–C) groups is 1. The number of carbonyl (C=O) groups is 1.